The first-order valence-electron chi connectivity index (χ1n) is 33.9. The third-order valence-corrected chi connectivity index (χ3v) is 18.2. The Morgan fingerprint density at radius 2 is 0.757 bits per heavy atom. The van der Waals surface area contributed by atoms with Gasteiger partial charge in [-0.05, 0) is 95.6 Å². The fraction of sp³-hybridized carbons (Fsp3) is 0.417. The van der Waals surface area contributed by atoms with Crippen LogP contribution in [0.2, 0.25) is 0 Å². The number of hydrogen-bond acceptors (Lipinski definition) is 38. The summed E-state index contributed by atoms with van der Waals surface area (Å²) in [6.45, 7) is -4.19. The van der Waals surface area contributed by atoms with Gasteiger partial charge in [0.2, 0.25) is 30.9 Å². The minimum absolute atomic E-state index is 0.0897. The summed E-state index contributed by atoms with van der Waals surface area (Å²) < 4.78 is 80.5. The molecule has 5 aliphatic rings. The van der Waals surface area contributed by atoms with Crippen molar-refractivity contribution in [3.63, 3.8) is 0 Å². The molecule has 0 bridgehead atoms. The summed E-state index contributed by atoms with van der Waals surface area (Å²) in [4.78, 5) is 39.2. The summed E-state index contributed by atoms with van der Waals surface area (Å²) in [5.41, 5.74) is 0.413. The van der Waals surface area contributed by atoms with Crippen molar-refractivity contribution in [1.29, 1.82) is 0 Å². The summed E-state index contributed by atoms with van der Waals surface area (Å²) in [7, 11) is 0. The van der Waals surface area contributed by atoms with Crippen LogP contribution < -0.4 is 18.9 Å². The Morgan fingerprint density at radius 3 is 1.25 bits per heavy atom. The highest BCUT2D eigenvalue weighted by molar-refractivity contribution is 5.90. The van der Waals surface area contributed by atoms with Gasteiger partial charge in [-0.15, -0.1) is 0 Å². The van der Waals surface area contributed by atoms with E-state index < -0.39 is 239 Å². The zero-order valence-electron chi connectivity index (χ0n) is 57.4. The molecule has 6 heterocycles. The number of phenols is 6. The van der Waals surface area contributed by atoms with E-state index >= 15 is 0 Å². The molecule has 25 atom stereocenters. The van der Waals surface area contributed by atoms with Crippen molar-refractivity contribution in [2.75, 3.05) is 33.0 Å². The van der Waals surface area contributed by atoms with Crippen molar-refractivity contribution < 1.29 is 193 Å². The molecule has 5 fully saturated rings. The number of esters is 3. The maximum absolute atomic E-state index is 13.5. The van der Waals surface area contributed by atoms with Gasteiger partial charge in [0.25, 0.3) is 0 Å². The molecule has 0 spiro atoms. The minimum atomic E-state index is -2.28. The van der Waals surface area contributed by atoms with E-state index in [2.05, 4.69) is 0 Å². The number of hydrogen-bond donors (Lipinski definition) is 22. The van der Waals surface area contributed by atoms with Crippen LogP contribution in [0.15, 0.2) is 120 Å². The Morgan fingerprint density at radius 1 is 0.351 bits per heavy atom. The van der Waals surface area contributed by atoms with Crippen molar-refractivity contribution in [3.05, 3.63) is 132 Å². The lowest BCUT2D eigenvalue weighted by Crippen LogP contribution is -2.65. The number of aliphatic hydroxyl groups is 16. The van der Waals surface area contributed by atoms with E-state index in [1.807, 2.05) is 0 Å². The van der Waals surface area contributed by atoms with Gasteiger partial charge < -0.3 is 174 Å². The molecule has 600 valence electrons. The third kappa shape index (κ3) is 19.1. The Bertz CT molecular complexity index is 4310. The second-order valence-electron chi connectivity index (χ2n) is 26.0. The van der Waals surface area contributed by atoms with Crippen LogP contribution in [-0.2, 0) is 57.0 Å². The van der Waals surface area contributed by atoms with Crippen LogP contribution in [0.4, 0.5) is 0 Å². The zero-order chi connectivity index (χ0) is 80.0. The van der Waals surface area contributed by atoms with Crippen LogP contribution in [0.1, 0.15) is 16.7 Å². The second kappa shape index (κ2) is 35.7. The predicted molar refractivity (Wildman–Crippen MR) is 364 cm³/mol. The summed E-state index contributed by atoms with van der Waals surface area (Å²) in [6, 6.07) is 19.2. The standard InChI is InChI=1S/C72H78O39/c73-23-44-52(84)57(89)62(94)69(106-44)103-41-21-33(76)20-40-34(41)22-43(66(101-40)31-7-9-32(75)10-8-31)105-72-67(111-71-65(97)60(92)55(87)47(109-71)26-99-51(83)16-6-30-2-12-36(78)42(19-30)104-70-63(95)58(90)53(85)45(24-74)107-70)61(93)56(88)48(110-72)27-100-50(82)15-5-29-3-13-39(38(80)18-29)102-68-64(96)59(91)54(86)46(108-68)25-98-49(81)14-4-28-1-11-35(77)37(79)17-28/h1-22,44-48,52-65,67-74,84-97H,23-27H2,(H5-,75,76,77,78,79,80,81,83)/p+1/b15-5+/t44-,45-,46-,47-,48-,52-,53-,54-,55-,56-,57+,58+,59+,60+,61+,62-,63-,64-,65-,67-,68-,69-,70-,71+,72-/m1/s1. The zero-order valence-corrected chi connectivity index (χ0v) is 57.4. The number of aromatic hydroxyl groups is 6. The number of ether oxygens (including phenoxy) is 13. The van der Waals surface area contributed by atoms with Gasteiger partial charge in [-0.3, -0.25) is 0 Å². The van der Waals surface area contributed by atoms with Crippen molar-refractivity contribution in [3.8, 4) is 68.8 Å². The van der Waals surface area contributed by atoms with Gasteiger partial charge in [0.05, 0.1) is 24.8 Å². The smallest absolute Gasteiger partial charge is 0.402 e. The Balaban J connectivity index is 0.811. The molecule has 39 nitrogen and oxygen atoms in total. The molecule has 0 aliphatic carbocycles. The van der Waals surface area contributed by atoms with E-state index in [-0.39, 0.29) is 56.4 Å². The molecule has 5 aliphatic heterocycles. The van der Waals surface area contributed by atoms with E-state index in [9.17, 15) is 127 Å². The summed E-state index contributed by atoms with van der Waals surface area (Å²) in [5, 5.41) is 234. The first-order chi connectivity index (χ1) is 52.9. The fourth-order valence-electron chi connectivity index (χ4n) is 12.0. The SMILES string of the molecule is O=C(/C=C/c1ccc(O)c(O)c1)OC[C@H]1O[C@@H](Oc2ccc(/C=C/C(=O)OC[C@H]3O[C@@H](Oc4cc5c(O[C@@H]6O[C@H](CO)[C@@H](O)[C@H](O)[C@H]6O)cc(O)cc5[o+]c4-c4ccc(O)cc4)[C@H](O[C@@H]4O[C@H](COC(=O)/C=C/c5ccc(O)c(O[C@@H]6O[C@H](CO)[C@@H](O)[C@H](O)[C@H]6O)c5)[C@@H](O)[C@H](O)[C@H]4O)[C@@H](O)[C@@H]3O)cc2O)[C@H](O)[C@@H](O)[C@@H]1O. The molecule has 0 unspecified atom stereocenters. The highest BCUT2D eigenvalue weighted by atomic mass is 16.8. The van der Waals surface area contributed by atoms with Gasteiger partial charge in [0.1, 0.15) is 158 Å². The summed E-state index contributed by atoms with van der Waals surface area (Å²) in [6.07, 6.45) is -41.5. The maximum Gasteiger partial charge on any atom is 0.402 e. The Kier molecular flexibility index (Phi) is 26.5. The van der Waals surface area contributed by atoms with E-state index in [1.165, 1.54) is 60.7 Å². The summed E-state index contributed by atoms with van der Waals surface area (Å²) in [5.74, 6) is -7.86. The molecule has 22 N–H and O–H groups in total. The Labute approximate surface area is 625 Å². The largest absolute Gasteiger partial charge is 0.508 e. The summed E-state index contributed by atoms with van der Waals surface area (Å²) >= 11 is 0. The minimum Gasteiger partial charge on any atom is -0.508 e. The highest BCUT2D eigenvalue weighted by Crippen LogP contribution is 2.44. The average molecular weight is 1570 g/mol. The predicted octanol–water partition coefficient (Wildman–Crippen LogP) is -4.05. The second-order valence-corrected chi connectivity index (χ2v) is 26.0. The number of rotatable bonds is 25. The molecule has 39 heteroatoms. The third-order valence-electron chi connectivity index (χ3n) is 18.2. The van der Waals surface area contributed by atoms with Gasteiger partial charge in [0, 0.05) is 30.4 Å². The van der Waals surface area contributed by atoms with Gasteiger partial charge in [-0.25, -0.2) is 18.8 Å². The molecule has 111 heavy (non-hydrogen) atoms. The van der Waals surface area contributed by atoms with Crippen LogP contribution in [0.3, 0.4) is 0 Å². The lowest BCUT2D eigenvalue weighted by atomic mass is 9.97. The van der Waals surface area contributed by atoms with E-state index in [0.717, 1.165) is 72.8 Å². The molecular weight excluding hydrogens is 1490 g/mol. The quantitative estimate of drug-likeness (QED) is 0.00853. The molecule has 0 amide bonds. The van der Waals surface area contributed by atoms with Crippen LogP contribution >= 0.6 is 0 Å². The van der Waals surface area contributed by atoms with Crippen LogP contribution in [0.25, 0.3) is 40.5 Å². The molecular formula is C72H79O39+. The first-order valence-corrected chi connectivity index (χ1v) is 33.9. The lowest BCUT2D eigenvalue weighted by molar-refractivity contribution is -0.358. The fourth-order valence-corrected chi connectivity index (χ4v) is 12.0. The van der Waals surface area contributed by atoms with Crippen LogP contribution in [0, 0.1) is 0 Å². The van der Waals surface area contributed by atoms with E-state index in [0.29, 0.717) is 5.56 Å². The maximum atomic E-state index is 13.5. The van der Waals surface area contributed by atoms with Crippen molar-refractivity contribution in [1.82, 2.24) is 0 Å². The van der Waals surface area contributed by atoms with Crippen molar-refractivity contribution in [2.45, 2.75) is 154 Å². The Hall–Kier alpha value is -9.74. The molecule has 0 saturated carbocycles. The monoisotopic (exact) mass is 1570 g/mol. The number of aliphatic hydroxyl groups excluding tert-OH is 16. The van der Waals surface area contributed by atoms with Gasteiger partial charge in [-0.1, -0.05) is 18.2 Å². The first kappa shape index (κ1) is 82.2. The van der Waals surface area contributed by atoms with Gasteiger partial charge in [0.15, 0.2) is 46.9 Å². The van der Waals surface area contributed by atoms with Crippen LogP contribution in [0.5, 0.6) is 57.5 Å². The van der Waals surface area contributed by atoms with Gasteiger partial charge in [-0.2, -0.15) is 0 Å². The van der Waals surface area contributed by atoms with Gasteiger partial charge >= 0.3 is 29.3 Å². The number of carbonyl (C=O) groups is 3. The topological polar surface area (TPSA) is 628 Å². The molecule has 6 aromatic rings. The normalized spacial score (nSPS) is 32.5. The molecule has 5 saturated heterocycles. The van der Waals surface area contributed by atoms with E-state index in [1.54, 1.807) is 0 Å². The van der Waals surface area contributed by atoms with E-state index in [4.69, 9.17) is 66.0 Å². The number of benzene rings is 5. The molecule has 0 radical (unpaired) electrons. The average Bonchev–Trinajstić information content (AvgIpc) is 0.762. The molecule has 1 aromatic heterocycles. The van der Waals surface area contributed by atoms with Crippen molar-refractivity contribution in [2.24, 2.45) is 0 Å². The van der Waals surface area contributed by atoms with Crippen molar-refractivity contribution >= 4 is 47.1 Å². The molecule has 11 rings (SSSR count). The number of phenolic OH excluding ortho intramolecular Hbond substituents is 6. The molecule has 5 aromatic carbocycles. The highest BCUT2D eigenvalue weighted by Gasteiger charge is 2.54. The lowest BCUT2D eigenvalue weighted by Gasteiger charge is -2.45. The van der Waals surface area contributed by atoms with Crippen LogP contribution in [-0.4, -0.2) is 317 Å². The number of fused-ring (bicyclic) bond motifs is 1. The number of carbonyl (C=O) groups excluding carboxylic acids is 3.